The van der Waals surface area contributed by atoms with Crippen LogP contribution in [0.3, 0.4) is 0 Å². The molecule has 0 aromatic heterocycles. The molecule has 5 nitrogen and oxygen atoms in total. The molecule has 130 valence electrons. The van der Waals surface area contributed by atoms with E-state index in [0.717, 1.165) is 10.0 Å². The number of ether oxygens (including phenoxy) is 1. The van der Waals surface area contributed by atoms with Crippen LogP contribution in [0.5, 0.6) is 0 Å². The van der Waals surface area contributed by atoms with E-state index in [0.29, 0.717) is 17.3 Å². The summed E-state index contributed by atoms with van der Waals surface area (Å²) < 4.78 is 6.80. The third kappa shape index (κ3) is 3.76. The number of aromatic carboxylic acids is 1. The van der Waals surface area contributed by atoms with E-state index < -0.39 is 23.5 Å². The molecular formula is C19H18O5Se. The molecule has 25 heavy (non-hydrogen) atoms. The van der Waals surface area contributed by atoms with Crippen molar-refractivity contribution in [3.8, 4) is 0 Å². The second-order valence-electron chi connectivity index (χ2n) is 6.00. The molecule has 0 amide bonds. The molecule has 2 aromatic rings. The Labute approximate surface area is 151 Å². The molecular weight excluding hydrogens is 387 g/mol. The number of hydrogen-bond acceptors (Lipinski definition) is 3. The molecule has 1 fully saturated rings. The monoisotopic (exact) mass is 406 g/mol. The summed E-state index contributed by atoms with van der Waals surface area (Å²) in [6.07, 6.45) is 0.406. The summed E-state index contributed by atoms with van der Waals surface area (Å²) in [5.41, 5.74) is 0.586. The van der Waals surface area contributed by atoms with Crippen LogP contribution in [-0.2, 0) is 15.1 Å². The van der Waals surface area contributed by atoms with Gasteiger partial charge in [0.1, 0.15) is 0 Å². The van der Waals surface area contributed by atoms with E-state index in [1.807, 2.05) is 42.5 Å². The molecule has 1 aliphatic rings. The first kappa shape index (κ1) is 17.7. The van der Waals surface area contributed by atoms with Gasteiger partial charge in [0.25, 0.3) is 0 Å². The Balaban J connectivity index is 1.88. The normalized spacial score (nSPS) is 22.6. The van der Waals surface area contributed by atoms with Gasteiger partial charge < -0.3 is 0 Å². The van der Waals surface area contributed by atoms with E-state index in [-0.39, 0.29) is 21.6 Å². The summed E-state index contributed by atoms with van der Waals surface area (Å²) in [6.45, 7) is 0.181. The minimum atomic E-state index is -0.943. The number of hydrogen-bond donors (Lipinski definition) is 2. The van der Waals surface area contributed by atoms with Gasteiger partial charge >= 0.3 is 151 Å². The van der Waals surface area contributed by atoms with Gasteiger partial charge in [0.2, 0.25) is 0 Å². The van der Waals surface area contributed by atoms with E-state index >= 15 is 0 Å². The minimum absolute atomic E-state index is 0.155. The molecule has 6 heteroatoms. The molecule has 0 saturated carbocycles. The Morgan fingerprint density at radius 1 is 1.08 bits per heavy atom. The molecule has 0 spiro atoms. The number of carboxylic acids is 2. The number of benzene rings is 2. The predicted octanol–water partition coefficient (Wildman–Crippen LogP) is 2.15. The Hall–Kier alpha value is -2.14. The summed E-state index contributed by atoms with van der Waals surface area (Å²) in [4.78, 5) is 22.8. The fraction of sp³-hybridized carbons (Fsp3) is 0.263. The van der Waals surface area contributed by atoms with Crippen molar-refractivity contribution in [2.45, 2.75) is 17.3 Å². The zero-order valence-corrected chi connectivity index (χ0v) is 15.1. The van der Waals surface area contributed by atoms with Gasteiger partial charge in [-0.1, -0.05) is 0 Å². The van der Waals surface area contributed by atoms with Crippen molar-refractivity contribution in [2.75, 3.05) is 6.61 Å². The standard InChI is InChI=1S/C19H18O5Se/c20-17(21)13-10-19(24-11-13,14-6-2-1-3-7-14)12-25-16-9-5-4-8-15(16)18(22)23/h1-9,13H,10-12H2,(H,20,21)(H,22,23)/t13-,19-/m0/s1. The van der Waals surface area contributed by atoms with Crippen molar-refractivity contribution >= 4 is 31.4 Å². The summed E-state index contributed by atoms with van der Waals surface area (Å²) in [5.74, 6) is -2.33. The number of carbonyl (C=O) groups is 2. The second-order valence-corrected chi connectivity index (χ2v) is 8.13. The maximum absolute atomic E-state index is 11.4. The van der Waals surface area contributed by atoms with Crippen LogP contribution in [0.15, 0.2) is 54.6 Å². The molecule has 1 aliphatic heterocycles. The van der Waals surface area contributed by atoms with Gasteiger partial charge in [-0.3, -0.25) is 0 Å². The second kappa shape index (κ2) is 7.40. The van der Waals surface area contributed by atoms with Crippen LogP contribution in [0.4, 0.5) is 0 Å². The first-order valence-electron chi connectivity index (χ1n) is 7.89. The maximum atomic E-state index is 11.4. The molecule has 1 saturated heterocycles. The van der Waals surface area contributed by atoms with Crippen LogP contribution < -0.4 is 4.46 Å². The van der Waals surface area contributed by atoms with Crippen LogP contribution in [0.2, 0.25) is 5.32 Å². The Kier molecular flexibility index (Phi) is 5.23. The van der Waals surface area contributed by atoms with E-state index in [2.05, 4.69) is 0 Å². The molecule has 0 aliphatic carbocycles. The van der Waals surface area contributed by atoms with E-state index in [1.165, 1.54) is 0 Å². The van der Waals surface area contributed by atoms with Gasteiger partial charge in [-0.15, -0.1) is 0 Å². The molecule has 0 unspecified atom stereocenters. The number of rotatable bonds is 6. The Bertz CT molecular complexity index is 776. The zero-order valence-electron chi connectivity index (χ0n) is 13.4. The summed E-state index contributed by atoms with van der Waals surface area (Å²) in [6, 6.07) is 16.6. The average molecular weight is 405 g/mol. The van der Waals surface area contributed by atoms with Crippen LogP contribution in [0, 0.1) is 5.92 Å². The van der Waals surface area contributed by atoms with Gasteiger partial charge in [0.05, 0.1) is 0 Å². The van der Waals surface area contributed by atoms with Crippen LogP contribution in [0.1, 0.15) is 22.3 Å². The SMILES string of the molecule is O=C(O)c1ccccc1[Se]C[C@]1(c2ccccc2)C[C@H](C(=O)O)CO1. The summed E-state index contributed by atoms with van der Waals surface area (Å²) in [7, 11) is 0. The number of carboxylic acid groups (broad SMARTS) is 2. The van der Waals surface area contributed by atoms with Gasteiger partial charge in [0, 0.05) is 0 Å². The number of aliphatic carboxylic acids is 1. The van der Waals surface area contributed by atoms with Crippen molar-refractivity contribution < 1.29 is 24.5 Å². The molecule has 2 aromatic carbocycles. The molecule has 0 radical (unpaired) electrons. The van der Waals surface area contributed by atoms with Crippen molar-refractivity contribution in [3.05, 3.63) is 65.7 Å². The first-order chi connectivity index (χ1) is 12.0. The molecule has 0 bridgehead atoms. The van der Waals surface area contributed by atoms with Crippen molar-refractivity contribution in [2.24, 2.45) is 5.92 Å². The Morgan fingerprint density at radius 3 is 2.40 bits per heavy atom. The summed E-state index contributed by atoms with van der Waals surface area (Å²) >= 11 is -0.155. The zero-order chi connectivity index (χ0) is 17.9. The van der Waals surface area contributed by atoms with Gasteiger partial charge in [-0.25, -0.2) is 0 Å². The predicted molar refractivity (Wildman–Crippen MR) is 93.4 cm³/mol. The van der Waals surface area contributed by atoms with Crippen LogP contribution in [-0.4, -0.2) is 43.7 Å². The van der Waals surface area contributed by atoms with Gasteiger partial charge in [-0.05, 0) is 0 Å². The van der Waals surface area contributed by atoms with Gasteiger partial charge in [-0.2, -0.15) is 0 Å². The van der Waals surface area contributed by atoms with Crippen molar-refractivity contribution in [1.29, 1.82) is 0 Å². The quantitative estimate of drug-likeness (QED) is 0.720. The van der Waals surface area contributed by atoms with Crippen molar-refractivity contribution in [1.82, 2.24) is 0 Å². The van der Waals surface area contributed by atoms with E-state index in [1.54, 1.807) is 12.1 Å². The Morgan fingerprint density at radius 2 is 1.76 bits per heavy atom. The summed E-state index contributed by atoms with van der Waals surface area (Å²) in [5, 5.41) is 19.3. The topological polar surface area (TPSA) is 83.8 Å². The third-order valence-corrected chi connectivity index (χ3v) is 7.04. The molecule has 2 N–H and O–H groups in total. The van der Waals surface area contributed by atoms with Gasteiger partial charge in [0.15, 0.2) is 0 Å². The fourth-order valence-corrected chi connectivity index (χ4v) is 5.63. The van der Waals surface area contributed by atoms with Crippen molar-refractivity contribution in [3.63, 3.8) is 0 Å². The van der Waals surface area contributed by atoms with Crippen LogP contribution >= 0.6 is 0 Å². The van der Waals surface area contributed by atoms with Crippen LogP contribution in [0.25, 0.3) is 0 Å². The van der Waals surface area contributed by atoms with E-state index in [4.69, 9.17) is 4.74 Å². The first-order valence-corrected chi connectivity index (χ1v) is 9.96. The average Bonchev–Trinajstić information content (AvgIpc) is 3.07. The fourth-order valence-electron chi connectivity index (χ4n) is 3.03. The molecule has 3 rings (SSSR count). The molecule has 1 heterocycles. The third-order valence-electron chi connectivity index (χ3n) is 4.36. The van der Waals surface area contributed by atoms with E-state index in [9.17, 15) is 19.8 Å². The molecule has 2 atom stereocenters.